The molecule has 0 radical (unpaired) electrons. The van der Waals surface area contributed by atoms with Crippen LogP contribution in [0.4, 0.5) is 0 Å². The Bertz CT molecular complexity index is 83.0. The summed E-state index contributed by atoms with van der Waals surface area (Å²) in [6.45, 7) is 2.82. The molecule has 9 heavy (non-hydrogen) atoms. The van der Waals surface area contributed by atoms with Gasteiger partial charge in [-0.3, -0.25) is 0 Å². The third kappa shape index (κ3) is 1.95. The molecule has 1 heterocycles. The normalized spacial score (nSPS) is 36.7. The van der Waals surface area contributed by atoms with Crippen LogP contribution < -0.4 is 0 Å². The lowest BCUT2D eigenvalue weighted by Crippen LogP contribution is -2.28. The highest BCUT2D eigenvalue weighted by molar-refractivity contribution is 4.68. The number of aliphatic hydroxyl groups is 1. The summed E-state index contributed by atoms with van der Waals surface area (Å²) in [7, 11) is 0. The van der Waals surface area contributed by atoms with Crippen molar-refractivity contribution in [3.05, 3.63) is 0 Å². The Kier molecular flexibility index (Phi) is 2.49. The van der Waals surface area contributed by atoms with Crippen molar-refractivity contribution in [1.82, 2.24) is 0 Å². The zero-order valence-electron chi connectivity index (χ0n) is 5.84. The lowest BCUT2D eigenvalue weighted by Gasteiger charge is -2.25. The van der Waals surface area contributed by atoms with Gasteiger partial charge in [0.2, 0.25) is 0 Å². The van der Waals surface area contributed by atoms with Crippen LogP contribution >= 0.6 is 0 Å². The highest BCUT2D eigenvalue weighted by Crippen LogP contribution is 2.15. The maximum atomic E-state index is 9.13. The zero-order chi connectivity index (χ0) is 6.69. The Balaban J connectivity index is 2.23. The third-order valence-corrected chi connectivity index (χ3v) is 1.79. The van der Waals surface area contributed by atoms with Gasteiger partial charge in [0.15, 0.2) is 0 Å². The Hall–Kier alpha value is -0.0800. The van der Waals surface area contributed by atoms with E-state index in [4.69, 9.17) is 9.84 Å². The monoisotopic (exact) mass is 130 g/mol. The van der Waals surface area contributed by atoms with Crippen LogP contribution in [0.5, 0.6) is 0 Å². The topological polar surface area (TPSA) is 29.5 Å². The summed E-state index contributed by atoms with van der Waals surface area (Å²) in [6.07, 6.45) is 2.88. The van der Waals surface area contributed by atoms with Crippen molar-refractivity contribution in [2.45, 2.75) is 38.4 Å². The van der Waals surface area contributed by atoms with Crippen molar-refractivity contribution < 1.29 is 9.84 Å². The molecular formula is C7H14O2. The van der Waals surface area contributed by atoms with Crippen LogP contribution in [-0.4, -0.2) is 23.9 Å². The first-order valence-corrected chi connectivity index (χ1v) is 3.62. The summed E-state index contributed by atoms with van der Waals surface area (Å²) in [5.41, 5.74) is 0. The van der Waals surface area contributed by atoms with Crippen molar-refractivity contribution in [3.63, 3.8) is 0 Å². The predicted octanol–water partition coefficient (Wildman–Crippen LogP) is 0.936. The van der Waals surface area contributed by atoms with Gasteiger partial charge < -0.3 is 9.84 Å². The molecule has 0 bridgehead atoms. The Morgan fingerprint density at radius 3 is 2.89 bits per heavy atom. The Labute approximate surface area is 55.8 Å². The minimum Gasteiger partial charge on any atom is -0.393 e. The van der Waals surface area contributed by atoms with E-state index >= 15 is 0 Å². The molecule has 1 unspecified atom stereocenters. The Morgan fingerprint density at radius 1 is 1.67 bits per heavy atom. The van der Waals surface area contributed by atoms with Gasteiger partial charge in [-0.1, -0.05) is 6.92 Å². The van der Waals surface area contributed by atoms with Gasteiger partial charge in [0.25, 0.3) is 0 Å². The molecule has 0 spiro atoms. The minimum absolute atomic E-state index is 0.108. The van der Waals surface area contributed by atoms with E-state index in [1.165, 1.54) is 0 Å². The van der Waals surface area contributed by atoms with E-state index in [-0.39, 0.29) is 6.10 Å². The first kappa shape index (κ1) is 7.03. The fourth-order valence-corrected chi connectivity index (χ4v) is 1.14. The summed E-state index contributed by atoms with van der Waals surface area (Å²) < 4.78 is 5.34. The van der Waals surface area contributed by atoms with E-state index in [1.54, 1.807) is 0 Å². The molecule has 0 aliphatic carbocycles. The van der Waals surface area contributed by atoms with Gasteiger partial charge in [0.05, 0.1) is 12.2 Å². The van der Waals surface area contributed by atoms with Crippen LogP contribution in [0.3, 0.4) is 0 Å². The molecule has 0 saturated carbocycles. The second-order valence-corrected chi connectivity index (χ2v) is 2.58. The van der Waals surface area contributed by atoms with Crippen molar-refractivity contribution >= 4 is 0 Å². The van der Waals surface area contributed by atoms with Gasteiger partial charge in [-0.05, 0) is 19.3 Å². The molecule has 0 amide bonds. The standard InChI is InChI=1S/C7H14O2/c1-2-7-5-6(8)3-4-9-7/h6-8H,2-5H2,1H3/t6?,7-/m1/s1. The molecule has 2 atom stereocenters. The largest absolute Gasteiger partial charge is 0.393 e. The molecule has 2 heteroatoms. The summed E-state index contributed by atoms with van der Waals surface area (Å²) in [4.78, 5) is 0. The smallest absolute Gasteiger partial charge is 0.0597 e. The van der Waals surface area contributed by atoms with Gasteiger partial charge in [0.1, 0.15) is 0 Å². The highest BCUT2D eigenvalue weighted by atomic mass is 16.5. The molecule has 1 rings (SSSR count). The maximum Gasteiger partial charge on any atom is 0.0597 e. The zero-order valence-corrected chi connectivity index (χ0v) is 5.84. The summed E-state index contributed by atoms with van der Waals surface area (Å²) in [6, 6.07) is 0. The molecule has 0 aromatic heterocycles. The predicted molar refractivity (Wildman–Crippen MR) is 35.3 cm³/mol. The molecule has 54 valence electrons. The maximum absolute atomic E-state index is 9.13. The van der Waals surface area contributed by atoms with Crippen LogP contribution in [0.1, 0.15) is 26.2 Å². The molecule has 1 aliphatic heterocycles. The number of hydrogen-bond donors (Lipinski definition) is 1. The molecule has 1 fully saturated rings. The SMILES string of the molecule is CC[C@@H]1CC(O)CCO1. The van der Waals surface area contributed by atoms with Crippen LogP contribution in [-0.2, 0) is 4.74 Å². The van der Waals surface area contributed by atoms with Gasteiger partial charge in [-0.25, -0.2) is 0 Å². The van der Waals surface area contributed by atoms with E-state index < -0.39 is 0 Å². The summed E-state index contributed by atoms with van der Waals surface area (Å²) in [5, 5.41) is 9.13. The van der Waals surface area contributed by atoms with E-state index in [9.17, 15) is 0 Å². The van der Waals surface area contributed by atoms with Crippen molar-refractivity contribution in [1.29, 1.82) is 0 Å². The Morgan fingerprint density at radius 2 is 2.44 bits per heavy atom. The number of aliphatic hydroxyl groups excluding tert-OH is 1. The van der Waals surface area contributed by atoms with Crippen LogP contribution in [0, 0.1) is 0 Å². The third-order valence-electron chi connectivity index (χ3n) is 1.79. The van der Waals surface area contributed by atoms with Crippen molar-refractivity contribution in [2.24, 2.45) is 0 Å². The molecule has 1 N–H and O–H groups in total. The van der Waals surface area contributed by atoms with Crippen molar-refractivity contribution in [3.8, 4) is 0 Å². The minimum atomic E-state index is -0.108. The first-order valence-electron chi connectivity index (χ1n) is 3.62. The fraction of sp³-hybridized carbons (Fsp3) is 1.00. The van der Waals surface area contributed by atoms with E-state index in [0.717, 1.165) is 25.9 Å². The average Bonchev–Trinajstić information content (AvgIpc) is 1.88. The number of hydrogen-bond acceptors (Lipinski definition) is 2. The van der Waals surface area contributed by atoms with E-state index in [0.29, 0.717) is 6.10 Å². The molecule has 1 saturated heterocycles. The number of ether oxygens (including phenoxy) is 1. The fourth-order valence-electron chi connectivity index (χ4n) is 1.14. The van der Waals surface area contributed by atoms with E-state index in [2.05, 4.69) is 6.92 Å². The van der Waals surface area contributed by atoms with Crippen LogP contribution in [0.15, 0.2) is 0 Å². The quantitative estimate of drug-likeness (QED) is 0.572. The summed E-state index contributed by atoms with van der Waals surface area (Å²) in [5.74, 6) is 0. The van der Waals surface area contributed by atoms with Crippen LogP contribution in [0.25, 0.3) is 0 Å². The first-order chi connectivity index (χ1) is 4.33. The number of rotatable bonds is 1. The molecule has 1 aliphatic rings. The summed E-state index contributed by atoms with van der Waals surface area (Å²) >= 11 is 0. The molecule has 0 aromatic rings. The molecular weight excluding hydrogens is 116 g/mol. The lowest BCUT2D eigenvalue weighted by atomic mass is 10.0. The second-order valence-electron chi connectivity index (χ2n) is 2.58. The van der Waals surface area contributed by atoms with Gasteiger partial charge in [0, 0.05) is 6.61 Å². The van der Waals surface area contributed by atoms with Crippen LogP contribution in [0.2, 0.25) is 0 Å². The van der Waals surface area contributed by atoms with Gasteiger partial charge in [-0.15, -0.1) is 0 Å². The van der Waals surface area contributed by atoms with Gasteiger partial charge >= 0.3 is 0 Å². The molecule has 0 aromatic carbocycles. The van der Waals surface area contributed by atoms with E-state index in [1.807, 2.05) is 0 Å². The van der Waals surface area contributed by atoms with Gasteiger partial charge in [-0.2, -0.15) is 0 Å². The lowest BCUT2D eigenvalue weighted by molar-refractivity contribution is -0.0441. The average molecular weight is 130 g/mol. The van der Waals surface area contributed by atoms with Crippen molar-refractivity contribution in [2.75, 3.05) is 6.61 Å². The highest BCUT2D eigenvalue weighted by Gasteiger charge is 2.18. The second kappa shape index (κ2) is 3.18. The molecule has 2 nitrogen and oxygen atoms in total.